The molecule has 0 aromatic heterocycles. The Hall–Kier alpha value is -2.12. The SMILES string of the molecule is C[C@@H](C(=O)N1CCOCC1)N1c2cccc3cccc(c23)S1(=O)=O. The van der Waals surface area contributed by atoms with Crippen molar-refractivity contribution >= 4 is 32.4 Å². The lowest BCUT2D eigenvalue weighted by atomic mass is 10.1. The lowest BCUT2D eigenvalue weighted by Crippen LogP contribution is -2.51. The molecule has 2 aromatic rings. The Labute approximate surface area is 140 Å². The Kier molecular flexibility index (Phi) is 3.51. The zero-order valence-corrected chi connectivity index (χ0v) is 14.1. The van der Waals surface area contributed by atoms with E-state index in [0.29, 0.717) is 37.4 Å². The molecule has 0 radical (unpaired) electrons. The average molecular weight is 346 g/mol. The highest BCUT2D eigenvalue weighted by Crippen LogP contribution is 2.43. The minimum atomic E-state index is -3.73. The number of sulfonamides is 1. The largest absolute Gasteiger partial charge is 0.378 e. The smallest absolute Gasteiger partial charge is 0.265 e. The Morgan fingerprint density at radius 2 is 1.79 bits per heavy atom. The number of benzene rings is 2. The third-order valence-corrected chi connectivity index (χ3v) is 6.58. The van der Waals surface area contributed by atoms with Gasteiger partial charge < -0.3 is 9.64 Å². The molecule has 2 aromatic carbocycles. The third kappa shape index (κ3) is 2.12. The molecule has 2 aliphatic heterocycles. The van der Waals surface area contributed by atoms with E-state index in [1.807, 2.05) is 18.2 Å². The maximum atomic E-state index is 13.0. The molecule has 4 rings (SSSR count). The number of amides is 1. The van der Waals surface area contributed by atoms with Crippen LogP contribution in [0.4, 0.5) is 5.69 Å². The Morgan fingerprint density at radius 3 is 2.50 bits per heavy atom. The van der Waals surface area contributed by atoms with Gasteiger partial charge in [0.1, 0.15) is 6.04 Å². The quantitative estimate of drug-likeness (QED) is 0.828. The van der Waals surface area contributed by atoms with Crippen molar-refractivity contribution in [3.8, 4) is 0 Å². The molecule has 1 fully saturated rings. The van der Waals surface area contributed by atoms with E-state index < -0.39 is 16.1 Å². The number of hydrogen-bond donors (Lipinski definition) is 0. The molecule has 2 heterocycles. The Bertz CT molecular complexity index is 914. The van der Waals surface area contributed by atoms with Gasteiger partial charge in [-0.05, 0) is 24.4 Å². The molecular formula is C17H18N2O4S. The second-order valence-electron chi connectivity index (χ2n) is 6.05. The molecule has 0 aliphatic carbocycles. The van der Waals surface area contributed by atoms with Crippen LogP contribution in [0.3, 0.4) is 0 Å². The molecule has 0 spiro atoms. The van der Waals surface area contributed by atoms with Crippen molar-refractivity contribution in [3.63, 3.8) is 0 Å². The van der Waals surface area contributed by atoms with E-state index >= 15 is 0 Å². The molecule has 1 amide bonds. The summed E-state index contributed by atoms with van der Waals surface area (Å²) < 4.78 is 32.6. The zero-order chi connectivity index (χ0) is 16.9. The first-order valence-electron chi connectivity index (χ1n) is 7.94. The van der Waals surface area contributed by atoms with E-state index in [4.69, 9.17) is 4.74 Å². The van der Waals surface area contributed by atoms with Crippen LogP contribution in [0.5, 0.6) is 0 Å². The van der Waals surface area contributed by atoms with Gasteiger partial charge in [-0.3, -0.25) is 9.10 Å². The van der Waals surface area contributed by atoms with Crippen molar-refractivity contribution in [1.82, 2.24) is 4.90 Å². The Morgan fingerprint density at radius 1 is 1.12 bits per heavy atom. The predicted octanol–water partition coefficient (Wildman–Crippen LogP) is 1.60. The average Bonchev–Trinajstić information content (AvgIpc) is 2.84. The summed E-state index contributed by atoms with van der Waals surface area (Å²) in [7, 11) is -3.73. The van der Waals surface area contributed by atoms with Gasteiger partial charge in [0, 0.05) is 18.5 Å². The summed E-state index contributed by atoms with van der Waals surface area (Å²) in [5.41, 5.74) is 0.581. The van der Waals surface area contributed by atoms with Gasteiger partial charge in [0.2, 0.25) is 5.91 Å². The normalized spacial score (nSPS) is 20.4. The van der Waals surface area contributed by atoms with Crippen LogP contribution in [0.1, 0.15) is 6.92 Å². The highest BCUT2D eigenvalue weighted by molar-refractivity contribution is 7.93. The van der Waals surface area contributed by atoms with Gasteiger partial charge in [0.05, 0.1) is 23.8 Å². The molecule has 1 saturated heterocycles. The van der Waals surface area contributed by atoms with Crippen molar-refractivity contribution in [3.05, 3.63) is 36.4 Å². The summed E-state index contributed by atoms with van der Waals surface area (Å²) in [6.45, 7) is 3.62. The fourth-order valence-electron chi connectivity index (χ4n) is 3.49. The number of morpholine rings is 1. The van der Waals surface area contributed by atoms with Crippen molar-refractivity contribution < 1.29 is 17.9 Å². The van der Waals surface area contributed by atoms with Crippen LogP contribution in [-0.2, 0) is 19.6 Å². The van der Waals surface area contributed by atoms with E-state index in [-0.39, 0.29) is 10.8 Å². The molecule has 7 heteroatoms. The minimum Gasteiger partial charge on any atom is -0.378 e. The topological polar surface area (TPSA) is 66.9 Å². The highest BCUT2D eigenvalue weighted by Gasteiger charge is 2.42. The number of nitrogens with zero attached hydrogens (tertiary/aromatic N) is 2. The molecular weight excluding hydrogens is 328 g/mol. The molecule has 24 heavy (non-hydrogen) atoms. The molecule has 0 unspecified atom stereocenters. The van der Waals surface area contributed by atoms with E-state index in [0.717, 1.165) is 5.39 Å². The number of carbonyl (C=O) groups is 1. The molecule has 6 nitrogen and oxygen atoms in total. The molecule has 126 valence electrons. The van der Waals surface area contributed by atoms with Gasteiger partial charge in [-0.1, -0.05) is 24.3 Å². The van der Waals surface area contributed by atoms with E-state index in [1.54, 1.807) is 30.0 Å². The van der Waals surface area contributed by atoms with Gasteiger partial charge >= 0.3 is 0 Å². The maximum Gasteiger partial charge on any atom is 0.265 e. The first-order chi connectivity index (χ1) is 11.5. The van der Waals surface area contributed by atoms with Crippen molar-refractivity contribution in [2.75, 3.05) is 30.6 Å². The Balaban J connectivity index is 1.79. The fourth-order valence-corrected chi connectivity index (χ4v) is 5.35. The summed E-state index contributed by atoms with van der Waals surface area (Å²) >= 11 is 0. The van der Waals surface area contributed by atoms with E-state index in [1.165, 1.54) is 4.31 Å². The van der Waals surface area contributed by atoms with Gasteiger partial charge in [0.15, 0.2) is 0 Å². The van der Waals surface area contributed by atoms with Crippen LogP contribution in [-0.4, -0.2) is 51.6 Å². The van der Waals surface area contributed by atoms with Crippen LogP contribution >= 0.6 is 0 Å². The molecule has 1 atom stereocenters. The van der Waals surface area contributed by atoms with Gasteiger partial charge in [-0.2, -0.15) is 0 Å². The maximum absolute atomic E-state index is 13.0. The summed E-state index contributed by atoms with van der Waals surface area (Å²) in [6, 6.07) is 9.90. The zero-order valence-electron chi connectivity index (χ0n) is 13.3. The van der Waals surface area contributed by atoms with Crippen LogP contribution in [0, 0.1) is 0 Å². The number of ether oxygens (including phenoxy) is 1. The van der Waals surface area contributed by atoms with Crippen LogP contribution < -0.4 is 4.31 Å². The second kappa shape index (κ2) is 5.46. The van der Waals surface area contributed by atoms with E-state index in [2.05, 4.69) is 0 Å². The van der Waals surface area contributed by atoms with Crippen molar-refractivity contribution in [1.29, 1.82) is 0 Å². The summed E-state index contributed by atoms with van der Waals surface area (Å²) in [5.74, 6) is -0.188. The summed E-state index contributed by atoms with van der Waals surface area (Å²) in [6.07, 6.45) is 0. The lowest BCUT2D eigenvalue weighted by molar-refractivity contribution is -0.136. The molecule has 0 N–H and O–H groups in total. The van der Waals surface area contributed by atoms with Crippen LogP contribution in [0.25, 0.3) is 10.8 Å². The minimum absolute atomic E-state index is 0.188. The van der Waals surface area contributed by atoms with Crippen molar-refractivity contribution in [2.24, 2.45) is 0 Å². The second-order valence-corrected chi connectivity index (χ2v) is 7.83. The first kappa shape index (κ1) is 15.4. The monoisotopic (exact) mass is 346 g/mol. The molecule has 0 bridgehead atoms. The number of carbonyl (C=O) groups excluding carboxylic acids is 1. The third-order valence-electron chi connectivity index (χ3n) is 4.65. The number of rotatable bonds is 2. The molecule has 2 aliphatic rings. The van der Waals surface area contributed by atoms with E-state index in [9.17, 15) is 13.2 Å². The number of hydrogen-bond acceptors (Lipinski definition) is 4. The van der Waals surface area contributed by atoms with Gasteiger partial charge in [-0.15, -0.1) is 0 Å². The summed E-state index contributed by atoms with van der Waals surface area (Å²) in [4.78, 5) is 14.8. The number of anilines is 1. The first-order valence-corrected chi connectivity index (χ1v) is 9.38. The standard InChI is InChI=1S/C17H18N2O4S/c1-12(17(20)18-8-10-23-11-9-18)19-14-6-2-4-13-5-3-7-15(16(13)14)24(19,21)22/h2-7,12H,8-11H2,1H3/t12-/m0/s1. The predicted molar refractivity (Wildman–Crippen MR) is 90.5 cm³/mol. The molecule has 0 saturated carbocycles. The van der Waals surface area contributed by atoms with Crippen LogP contribution in [0.15, 0.2) is 41.3 Å². The highest BCUT2D eigenvalue weighted by atomic mass is 32.2. The van der Waals surface area contributed by atoms with Crippen LogP contribution in [0.2, 0.25) is 0 Å². The van der Waals surface area contributed by atoms with Gasteiger partial charge in [0.25, 0.3) is 10.0 Å². The summed E-state index contributed by atoms with van der Waals surface area (Å²) in [5, 5.41) is 1.56. The van der Waals surface area contributed by atoms with Crippen molar-refractivity contribution in [2.45, 2.75) is 17.9 Å². The van der Waals surface area contributed by atoms with Gasteiger partial charge in [-0.25, -0.2) is 8.42 Å². The lowest BCUT2D eigenvalue weighted by Gasteiger charge is -2.33. The fraction of sp³-hybridized carbons (Fsp3) is 0.353.